The van der Waals surface area contributed by atoms with Gasteiger partial charge in [-0.3, -0.25) is 14.2 Å². The van der Waals surface area contributed by atoms with Crippen molar-refractivity contribution >= 4 is 16.9 Å². The average Bonchev–Trinajstić information content (AvgIpc) is 3.31. The first kappa shape index (κ1) is 20.3. The summed E-state index contributed by atoms with van der Waals surface area (Å²) in [6.07, 6.45) is 5.70. The van der Waals surface area contributed by atoms with Gasteiger partial charge in [0.2, 0.25) is 5.91 Å². The maximum absolute atomic E-state index is 13.7. The highest BCUT2D eigenvalue weighted by atomic mass is 16.6. The number of hydrogen-bond donors (Lipinski definition) is 0. The van der Waals surface area contributed by atoms with Crippen LogP contribution in [-0.4, -0.2) is 40.1 Å². The van der Waals surface area contributed by atoms with Crippen LogP contribution >= 0.6 is 0 Å². The lowest BCUT2D eigenvalue weighted by atomic mass is 9.71. The number of rotatable bonds is 2. The Bertz CT molecular complexity index is 1310. The molecule has 1 atom stereocenters. The van der Waals surface area contributed by atoms with Crippen molar-refractivity contribution in [1.29, 1.82) is 0 Å². The number of carbonyl (C=O) groups is 1. The monoisotopic (exact) mass is 445 g/mol. The Kier molecular flexibility index (Phi) is 4.67. The summed E-state index contributed by atoms with van der Waals surface area (Å²) in [6.45, 7) is 3.83. The van der Waals surface area contributed by atoms with Crippen LogP contribution in [0.1, 0.15) is 49.8 Å². The summed E-state index contributed by atoms with van der Waals surface area (Å²) in [5.41, 5.74) is 3.48. The van der Waals surface area contributed by atoms with Crippen molar-refractivity contribution in [2.75, 3.05) is 19.8 Å². The molecule has 0 saturated heterocycles. The quantitative estimate of drug-likeness (QED) is 0.603. The molecule has 7 heteroatoms. The second-order valence-corrected chi connectivity index (χ2v) is 9.44. The molecule has 1 unspecified atom stereocenters. The number of aromatic nitrogens is 2. The number of hydrogen-bond acceptors (Lipinski definition) is 5. The zero-order valence-electron chi connectivity index (χ0n) is 18.8. The second kappa shape index (κ2) is 7.61. The van der Waals surface area contributed by atoms with Gasteiger partial charge in [0, 0.05) is 12.0 Å². The molecule has 6 rings (SSSR count). The predicted octanol–water partition coefficient (Wildman–Crippen LogP) is 3.58. The van der Waals surface area contributed by atoms with Gasteiger partial charge in [0.1, 0.15) is 19.8 Å². The summed E-state index contributed by atoms with van der Waals surface area (Å²) < 4.78 is 13.3. The summed E-state index contributed by atoms with van der Waals surface area (Å²) in [5, 5.41) is 0. The third kappa shape index (κ3) is 3.21. The first-order valence-electron chi connectivity index (χ1n) is 11.7. The second-order valence-electron chi connectivity index (χ2n) is 9.44. The molecule has 2 aromatic carbocycles. The normalized spacial score (nSPS) is 20.8. The maximum atomic E-state index is 13.7. The van der Waals surface area contributed by atoms with E-state index in [9.17, 15) is 9.59 Å². The smallest absolute Gasteiger partial charge is 0.269 e. The van der Waals surface area contributed by atoms with Gasteiger partial charge in [0.15, 0.2) is 11.5 Å². The van der Waals surface area contributed by atoms with Crippen LogP contribution in [0.25, 0.3) is 11.0 Å². The van der Waals surface area contributed by atoms with Gasteiger partial charge in [0.05, 0.1) is 23.3 Å². The largest absolute Gasteiger partial charge is 0.486 e. The molecule has 1 fully saturated rings. The van der Waals surface area contributed by atoms with Crippen LogP contribution in [0.4, 0.5) is 0 Å². The molecule has 0 radical (unpaired) electrons. The summed E-state index contributed by atoms with van der Waals surface area (Å²) in [4.78, 5) is 32.5. The molecule has 3 heterocycles. The summed E-state index contributed by atoms with van der Waals surface area (Å²) in [6, 6.07) is 11.6. The number of ether oxygens (including phenoxy) is 2. The Balaban J connectivity index is 1.40. The Hall–Kier alpha value is -3.35. The fraction of sp³-hybridized carbons (Fsp3) is 0.423. The molecule has 0 bridgehead atoms. The van der Waals surface area contributed by atoms with Crippen LogP contribution < -0.4 is 15.0 Å². The first-order chi connectivity index (χ1) is 16.1. The molecule has 3 aromatic rings. The van der Waals surface area contributed by atoms with E-state index in [-0.39, 0.29) is 29.5 Å². The van der Waals surface area contributed by atoms with E-state index in [0.29, 0.717) is 30.8 Å². The van der Waals surface area contributed by atoms with E-state index < -0.39 is 0 Å². The van der Waals surface area contributed by atoms with Crippen molar-refractivity contribution in [3.05, 3.63) is 64.1 Å². The minimum absolute atomic E-state index is 0.00215. The molecule has 1 aromatic heterocycles. The van der Waals surface area contributed by atoms with Crippen molar-refractivity contribution in [3.63, 3.8) is 0 Å². The van der Waals surface area contributed by atoms with E-state index in [4.69, 9.17) is 9.47 Å². The van der Waals surface area contributed by atoms with Gasteiger partial charge in [-0.25, -0.2) is 4.98 Å². The molecule has 0 N–H and O–H groups in total. The van der Waals surface area contributed by atoms with Crippen LogP contribution in [0, 0.1) is 0 Å². The number of amides is 1. The predicted molar refractivity (Wildman–Crippen MR) is 124 cm³/mol. The summed E-state index contributed by atoms with van der Waals surface area (Å²) >= 11 is 0. The molecular formula is C26H27N3O4. The number of fused-ring (bicyclic) bond motifs is 4. The Labute approximate surface area is 191 Å². The van der Waals surface area contributed by atoms with Crippen molar-refractivity contribution in [2.45, 2.75) is 50.6 Å². The van der Waals surface area contributed by atoms with Gasteiger partial charge in [-0.2, -0.15) is 0 Å². The fourth-order valence-corrected chi connectivity index (χ4v) is 5.91. The molecule has 3 aliphatic rings. The molecule has 2 aliphatic heterocycles. The molecule has 170 valence electrons. The van der Waals surface area contributed by atoms with Gasteiger partial charge in [-0.1, -0.05) is 25.0 Å². The zero-order chi connectivity index (χ0) is 22.6. The Morgan fingerprint density at radius 2 is 1.85 bits per heavy atom. The zero-order valence-corrected chi connectivity index (χ0v) is 18.8. The lowest BCUT2D eigenvalue weighted by Crippen LogP contribution is -2.50. The van der Waals surface area contributed by atoms with Gasteiger partial charge in [-0.15, -0.1) is 0 Å². The molecular weight excluding hydrogens is 418 g/mol. The Morgan fingerprint density at radius 3 is 2.64 bits per heavy atom. The maximum Gasteiger partial charge on any atom is 0.269 e. The molecule has 1 amide bonds. The van der Waals surface area contributed by atoms with Crippen LogP contribution in [0.3, 0.4) is 0 Å². The Morgan fingerprint density at radius 1 is 1.12 bits per heavy atom. The highest BCUT2D eigenvalue weighted by Crippen LogP contribution is 2.51. The van der Waals surface area contributed by atoms with Crippen molar-refractivity contribution in [1.82, 2.24) is 14.5 Å². The average molecular weight is 446 g/mol. The first-order valence-corrected chi connectivity index (χ1v) is 11.7. The van der Waals surface area contributed by atoms with Crippen LogP contribution in [-0.2, 0) is 16.8 Å². The highest BCUT2D eigenvalue weighted by molar-refractivity contribution is 5.81. The lowest BCUT2D eigenvalue weighted by molar-refractivity contribution is -0.135. The van der Waals surface area contributed by atoms with Crippen molar-refractivity contribution in [2.24, 2.45) is 0 Å². The standard InChI is InChI=1S/C26H27N3O4/c1-17-18-12-22-23(33-11-10-32-22)13-19(18)26(8-4-5-9-26)16-29(17)25(31)15-28-21-7-3-2-6-20(21)27-14-24(28)30/h2-3,6-7,12-14,17H,4-5,8-11,15-16H2,1H3. The fourth-order valence-electron chi connectivity index (χ4n) is 5.91. The van der Waals surface area contributed by atoms with Crippen LogP contribution in [0.15, 0.2) is 47.4 Å². The molecule has 1 aliphatic carbocycles. The van der Waals surface area contributed by atoms with E-state index in [1.54, 1.807) is 0 Å². The number of para-hydroxylation sites is 2. The van der Waals surface area contributed by atoms with E-state index in [2.05, 4.69) is 24.0 Å². The minimum atomic E-state index is -0.262. The summed E-state index contributed by atoms with van der Waals surface area (Å²) in [5.74, 6) is 1.52. The third-order valence-electron chi connectivity index (χ3n) is 7.60. The molecule has 1 saturated carbocycles. The minimum Gasteiger partial charge on any atom is -0.486 e. The number of benzene rings is 2. The van der Waals surface area contributed by atoms with Crippen LogP contribution in [0.5, 0.6) is 11.5 Å². The number of nitrogens with zero attached hydrogens (tertiary/aromatic N) is 3. The van der Waals surface area contributed by atoms with Crippen molar-refractivity contribution in [3.8, 4) is 11.5 Å². The van der Waals surface area contributed by atoms with Gasteiger partial charge < -0.3 is 14.4 Å². The third-order valence-corrected chi connectivity index (χ3v) is 7.60. The highest BCUT2D eigenvalue weighted by Gasteiger charge is 2.46. The van der Waals surface area contributed by atoms with E-state index in [0.717, 1.165) is 42.7 Å². The summed E-state index contributed by atoms with van der Waals surface area (Å²) in [7, 11) is 0. The topological polar surface area (TPSA) is 73.7 Å². The molecule has 7 nitrogen and oxygen atoms in total. The molecule has 1 spiro atoms. The van der Waals surface area contributed by atoms with Gasteiger partial charge in [-0.05, 0) is 55.2 Å². The van der Waals surface area contributed by atoms with Crippen LogP contribution in [0.2, 0.25) is 0 Å². The lowest BCUT2D eigenvalue weighted by Gasteiger charge is -2.46. The number of carbonyl (C=O) groups excluding carboxylic acids is 1. The SMILES string of the molecule is CC1c2cc3c(cc2C2(CCCC2)CN1C(=O)Cn1c(=O)cnc2ccccc21)OCCO3. The molecule has 33 heavy (non-hydrogen) atoms. The van der Waals surface area contributed by atoms with E-state index in [1.807, 2.05) is 29.2 Å². The van der Waals surface area contributed by atoms with E-state index in [1.165, 1.54) is 16.3 Å². The van der Waals surface area contributed by atoms with Gasteiger partial charge in [0.25, 0.3) is 5.56 Å². The van der Waals surface area contributed by atoms with Gasteiger partial charge >= 0.3 is 0 Å². The van der Waals surface area contributed by atoms with Crippen molar-refractivity contribution < 1.29 is 14.3 Å². The van der Waals surface area contributed by atoms with E-state index >= 15 is 0 Å².